The van der Waals surface area contributed by atoms with Gasteiger partial charge in [-0.25, -0.2) is 0 Å². The maximum atomic E-state index is 2.93. The molecule has 6 rings (SSSR count). The lowest BCUT2D eigenvalue weighted by molar-refractivity contribution is -0.195. The summed E-state index contributed by atoms with van der Waals surface area (Å²) < 4.78 is 0. The van der Waals surface area contributed by atoms with Gasteiger partial charge in [-0.2, -0.15) is 0 Å². The Morgan fingerprint density at radius 3 is 1.60 bits per heavy atom. The van der Waals surface area contributed by atoms with E-state index in [0.29, 0.717) is 21.8 Å². The third-order valence-electron chi connectivity index (χ3n) is 7.90. The Morgan fingerprint density at radius 1 is 0.640 bits per heavy atom. The largest absolute Gasteiger partial charge is 0.369 e. The molecule has 136 valence electrons. The predicted octanol–water partition coefficient (Wildman–Crippen LogP) is 4.95. The molecule has 4 saturated carbocycles. The number of hydrogen-bond acceptors (Lipinski definition) is 2. The van der Waals surface area contributed by atoms with E-state index >= 15 is 0 Å². The van der Waals surface area contributed by atoms with Crippen LogP contribution in [0.15, 0.2) is 30.3 Å². The summed E-state index contributed by atoms with van der Waals surface area (Å²) in [5.41, 5.74) is 3.67. The van der Waals surface area contributed by atoms with E-state index in [1.165, 1.54) is 70.4 Å². The van der Waals surface area contributed by atoms with Crippen LogP contribution in [0.3, 0.4) is 0 Å². The van der Waals surface area contributed by atoms with Crippen molar-refractivity contribution in [3.05, 3.63) is 30.3 Å². The quantitative estimate of drug-likeness (QED) is 0.753. The van der Waals surface area contributed by atoms with Crippen molar-refractivity contribution in [2.75, 3.05) is 31.1 Å². The molecule has 1 aliphatic heterocycles. The van der Waals surface area contributed by atoms with Crippen molar-refractivity contribution in [1.82, 2.24) is 4.90 Å². The summed E-state index contributed by atoms with van der Waals surface area (Å²) in [5.74, 6) is 0. The van der Waals surface area contributed by atoms with Crippen LogP contribution in [0.2, 0.25) is 0 Å². The summed E-state index contributed by atoms with van der Waals surface area (Å²) in [4.78, 5) is 5.51. The Hall–Kier alpha value is -1.02. The fourth-order valence-electron chi connectivity index (χ4n) is 8.64. The highest BCUT2D eigenvalue weighted by Gasteiger charge is 2.65. The summed E-state index contributed by atoms with van der Waals surface area (Å²) in [5, 5.41) is 0. The van der Waals surface area contributed by atoms with Gasteiger partial charge in [0, 0.05) is 37.4 Å². The number of para-hydroxylation sites is 1. The van der Waals surface area contributed by atoms with Crippen LogP contribution >= 0.6 is 0 Å². The summed E-state index contributed by atoms with van der Waals surface area (Å²) >= 11 is 0. The van der Waals surface area contributed by atoms with Gasteiger partial charge in [-0.15, -0.1) is 0 Å². The van der Waals surface area contributed by atoms with E-state index in [4.69, 9.17) is 0 Å². The molecule has 0 N–H and O–H groups in total. The van der Waals surface area contributed by atoms with E-state index in [9.17, 15) is 0 Å². The molecule has 0 aromatic heterocycles. The number of hydrogen-bond donors (Lipinski definition) is 0. The molecule has 1 saturated heterocycles. The van der Waals surface area contributed by atoms with Crippen LogP contribution < -0.4 is 4.90 Å². The third-order valence-corrected chi connectivity index (χ3v) is 7.90. The Labute approximate surface area is 153 Å². The molecule has 5 aliphatic rings. The summed E-state index contributed by atoms with van der Waals surface area (Å²) in [7, 11) is 0. The van der Waals surface area contributed by atoms with Crippen molar-refractivity contribution in [1.29, 1.82) is 0 Å². The molecule has 0 radical (unpaired) electrons. The van der Waals surface area contributed by atoms with Crippen LogP contribution in [0.25, 0.3) is 0 Å². The van der Waals surface area contributed by atoms with Gasteiger partial charge in [0.15, 0.2) is 0 Å². The van der Waals surface area contributed by atoms with Crippen LogP contribution in [0.1, 0.15) is 59.3 Å². The molecule has 1 aromatic rings. The van der Waals surface area contributed by atoms with E-state index < -0.39 is 0 Å². The minimum Gasteiger partial charge on any atom is -0.369 e. The maximum Gasteiger partial charge on any atom is 0.0367 e. The minimum atomic E-state index is 0.496. The Bertz CT molecular complexity index is 604. The molecule has 2 heteroatoms. The first-order chi connectivity index (χ1) is 11.8. The molecular weight excluding hydrogens is 304 g/mol. The zero-order valence-corrected chi connectivity index (χ0v) is 16.4. The first kappa shape index (κ1) is 16.2. The lowest BCUT2D eigenvalue weighted by atomic mass is 9.38. The summed E-state index contributed by atoms with van der Waals surface area (Å²) in [6.45, 7) is 12.7. The number of rotatable bonds is 2. The first-order valence-corrected chi connectivity index (χ1v) is 10.4. The van der Waals surface area contributed by atoms with E-state index in [0.717, 1.165) is 0 Å². The fourth-order valence-corrected chi connectivity index (χ4v) is 8.64. The van der Waals surface area contributed by atoms with E-state index in [-0.39, 0.29) is 0 Å². The molecular formula is C23H34N2. The van der Waals surface area contributed by atoms with Crippen molar-refractivity contribution >= 4 is 5.69 Å². The highest BCUT2D eigenvalue weighted by atomic mass is 15.3. The SMILES string of the molecule is CC12CC3(C)CC(C)(C1)CC(N1CCN(c4ccccc4)CC1)(C2)C3. The van der Waals surface area contributed by atoms with Gasteiger partial charge in [0.25, 0.3) is 0 Å². The molecule has 2 nitrogen and oxygen atoms in total. The Balaban J connectivity index is 1.38. The molecule has 0 spiro atoms. The number of anilines is 1. The molecule has 1 aromatic carbocycles. The smallest absolute Gasteiger partial charge is 0.0367 e. The second-order valence-electron chi connectivity index (χ2n) is 11.0. The van der Waals surface area contributed by atoms with E-state index in [1.807, 2.05) is 0 Å². The number of nitrogens with zero attached hydrogens (tertiary/aromatic N) is 2. The second kappa shape index (κ2) is 5.03. The normalized spacial score (nSPS) is 46.6. The third kappa shape index (κ3) is 2.55. The standard InChI is InChI=1S/C23H34N2/c1-20-13-21(2)15-22(3,14-20)18-23(16-20,17-21)25-11-9-24(10-12-25)19-7-5-4-6-8-19/h4-8H,9-18H2,1-3H3. The maximum absolute atomic E-state index is 2.93. The van der Waals surface area contributed by atoms with Gasteiger partial charge in [-0.05, 0) is 66.9 Å². The molecule has 0 amide bonds. The first-order valence-electron chi connectivity index (χ1n) is 10.4. The zero-order chi connectivity index (χ0) is 17.3. The predicted molar refractivity (Wildman–Crippen MR) is 105 cm³/mol. The second-order valence-corrected chi connectivity index (χ2v) is 11.0. The van der Waals surface area contributed by atoms with Crippen molar-refractivity contribution in [2.24, 2.45) is 16.2 Å². The average molecular weight is 339 g/mol. The zero-order valence-electron chi connectivity index (χ0n) is 16.4. The lowest BCUT2D eigenvalue weighted by Crippen LogP contribution is -2.69. The van der Waals surface area contributed by atoms with Gasteiger partial charge in [0.1, 0.15) is 0 Å². The molecule has 5 fully saturated rings. The molecule has 4 aliphatic carbocycles. The van der Waals surface area contributed by atoms with Crippen LogP contribution in [-0.2, 0) is 0 Å². The fraction of sp³-hybridized carbons (Fsp3) is 0.739. The lowest BCUT2D eigenvalue weighted by Gasteiger charge is -2.71. The molecule has 0 atom stereocenters. The van der Waals surface area contributed by atoms with Crippen molar-refractivity contribution in [2.45, 2.75) is 64.8 Å². The number of piperazine rings is 1. The Morgan fingerprint density at radius 2 is 1.12 bits per heavy atom. The van der Waals surface area contributed by atoms with Crippen molar-refractivity contribution in [3.63, 3.8) is 0 Å². The van der Waals surface area contributed by atoms with Gasteiger partial charge in [-0.1, -0.05) is 39.0 Å². The highest BCUT2D eigenvalue weighted by molar-refractivity contribution is 5.46. The average Bonchev–Trinajstić information content (AvgIpc) is 2.51. The summed E-state index contributed by atoms with van der Waals surface area (Å²) in [6, 6.07) is 11.0. The molecule has 4 bridgehead atoms. The van der Waals surface area contributed by atoms with Gasteiger partial charge in [0.05, 0.1) is 0 Å². The van der Waals surface area contributed by atoms with Crippen LogP contribution in [-0.4, -0.2) is 36.6 Å². The van der Waals surface area contributed by atoms with Gasteiger partial charge in [-0.3, -0.25) is 4.90 Å². The van der Waals surface area contributed by atoms with Gasteiger partial charge < -0.3 is 4.90 Å². The molecule has 1 heterocycles. The van der Waals surface area contributed by atoms with Crippen molar-refractivity contribution in [3.8, 4) is 0 Å². The minimum absolute atomic E-state index is 0.496. The Kier molecular flexibility index (Phi) is 3.25. The van der Waals surface area contributed by atoms with E-state index in [1.54, 1.807) is 0 Å². The van der Waals surface area contributed by atoms with Gasteiger partial charge in [0.2, 0.25) is 0 Å². The van der Waals surface area contributed by atoms with Crippen LogP contribution in [0.4, 0.5) is 5.69 Å². The highest BCUT2D eigenvalue weighted by Crippen LogP contribution is 2.71. The van der Waals surface area contributed by atoms with Crippen LogP contribution in [0.5, 0.6) is 0 Å². The van der Waals surface area contributed by atoms with Crippen LogP contribution in [0, 0.1) is 16.2 Å². The van der Waals surface area contributed by atoms with Crippen molar-refractivity contribution < 1.29 is 0 Å². The van der Waals surface area contributed by atoms with Gasteiger partial charge >= 0.3 is 0 Å². The monoisotopic (exact) mass is 338 g/mol. The molecule has 25 heavy (non-hydrogen) atoms. The summed E-state index contributed by atoms with van der Waals surface area (Å²) in [6.07, 6.45) is 8.79. The van der Waals surface area contributed by atoms with E-state index in [2.05, 4.69) is 60.9 Å². The number of benzene rings is 1. The topological polar surface area (TPSA) is 6.48 Å². The molecule has 0 unspecified atom stereocenters.